The summed E-state index contributed by atoms with van der Waals surface area (Å²) < 4.78 is 5.78. The molecule has 0 bridgehead atoms. The van der Waals surface area contributed by atoms with Gasteiger partial charge in [0.2, 0.25) is 5.91 Å². The highest BCUT2D eigenvalue weighted by atomic mass is 16.5. The van der Waals surface area contributed by atoms with E-state index >= 15 is 0 Å². The summed E-state index contributed by atoms with van der Waals surface area (Å²) in [7, 11) is 3.57. The van der Waals surface area contributed by atoms with Crippen molar-refractivity contribution in [1.82, 2.24) is 10.2 Å². The smallest absolute Gasteiger partial charge is 0.241 e. The van der Waals surface area contributed by atoms with E-state index in [9.17, 15) is 4.79 Å². The van der Waals surface area contributed by atoms with Gasteiger partial charge >= 0.3 is 0 Å². The number of hydrogen-bond acceptors (Lipinski definition) is 3. The van der Waals surface area contributed by atoms with E-state index in [-0.39, 0.29) is 5.91 Å². The largest absolute Gasteiger partial charge is 0.494 e. The van der Waals surface area contributed by atoms with Crippen LogP contribution in [0.2, 0.25) is 0 Å². The van der Waals surface area contributed by atoms with Crippen LogP contribution in [-0.4, -0.2) is 43.6 Å². The molecule has 23 heavy (non-hydrogen) atoms. The molecular weight excluding hydrogens is 288 g/mol. The molecule has 4 heteroatoms. The average molecular weight is 320 g/mol. The lowest BCUT2D eigenvalue weighted by Crippen LogP contribution is -2.52. The SMILES string of the molecule is CCCCCOc1cccc(CCNC(C)(C)C(=O)N(C)C)c1. The Morgan fingerprint density at radius 1 is 1.26 bits per heavy atom. The van der Waals surface area contributed by atoms with Gasteiger partial charge in [0, 0.05) is 20.6 Å². The molecule has 4 nitrogen and oxygen atoms in total. The van der Waals surface area contributed by atoms with Crippen molar-refractivity contribution in [2.24, 2.45) is 0 Å². The van der Waals surface area contributed by atoms with E-state index in [0.29, 0.717) is 0 Å². The van der Waals surface area contributed by atoms with E-state index in [1.165, 1.54) is 18.4 Å². The first-order valence-corrected chi connectivity index (χ1v) is 8.55. The number of rotatable bonds is 10. The first-order chi connectivity index (χ1) is 10.9. The lowest BCUT2D eigenvalue weighted by molar-refractivity contribution is -0.134. The maximum absolute atomic E-state index is 12.1. The zero-order valence-corrected chi connectivity index (χ0v) is 15.3. The Morgan fingerprint density at radius 3 is 2.65 bits per heavy atom. The fraction of sp³-hybridized carbons (Fsp3) is 0.632. The highest BCUT2D eigenvalue weighted by Crippen LogP contribution is 2.15. The molecule has 0 aliphatic rings. The number of carbonyl (C=O) groups is 1. The van der Waals surface area contributed by atoms with Gasteiger partial charge in [0.15, 0.2) is 0 Å². The highest BCUT2D eigenvalue weighted by molar-refractivity contribution is 5.85. The highest BCUT2D eigenvalue weighted by Gasteiger charge is 2.27. The van der Waals surface area contributed by atoms with Crippen LogP contribution in [0.4, 0.5) is 0 Å². The summed E-state index contributed by atoms with van der Waals surface area (Å²) in [5.41, 5.74) is 0.677. The minimum Gasteiger partial charge on any atom is -0.494 e. The van der Waals surface area contributed by atoms with Crippen LogP contribution in [0.25, 0.3) is 0 Å². The summed E-state index contributed by atoms with van der Waals surface area (Å²) in [6, 6.07) is 8.22. The van der Waals surface area contributed by atoms with Gasteiger partial charge in [-0.25, -0.2) is 0 Å². The predicted octanol–water partition coefficient (Wildman–Crippen LogP) is 3.25. The Kier molecular flexibility index (Phi) is 8.10. The van der Waals surface area contributed by atoms with Gasteiger partial charge in [-0.3, -0.25) is 4.79 Å². The number of carbonyl (C=O) groups excluding carboxylic acids is 1. The third-order valence-electron chi connectivity index (χ3n) is 3.84. The van der Waals surface area contributed by atoms with E-state index in [2.05, 4.69) is 24.4 Å². The second-order valence-electron chi connectivity index (χ2n) is 6.70. The number of nitrogens with one attached hydrogen (secondary N) is 1. The molecule has 1 N–H and O–H groups in total. The van der Waals surface area contributed by atoms with Gasteiger partial charge in [0.05, 0.1) is 12.1 Å². The normalized spacial score (nSPS) is 11.3. The molecule has 0 saturated carbocycles. The van der Waals surface area contributed by atoms with Crippen molar-refractivity contribution in [3.63, 3.8) is 0 Å². The van der Waals surface area contributed by atoms with Crippen LogP contribution in [0, 0.1) is 0 Å². The minimum absolute atomic E-state index is 0.0884. The van der Waals surface area contributed by atoms with Gasteiger partial charge < -0.3 is 15.0 Å². The number of likely N-dealkylation sites (N-methyl/N-ethyl adjacent to an activating group) is 1. The first kappa shape index (κ1) is 19.5. The number of hydrogen-bond donors (Lipinski definition) is 1. The van der Waals surface area contributed by atoms with Crippen LogP contribution in [-0.2, 0) is 11.2 Å². The molecule has 0 fully saturated rings. The second-order valence-corrected chi connectivity index (χ2v) is 6.70. The van der Waals surface area contributed by atoms with Gasteiger partial charge in [-0.2, -0.15) is 0 Å². The molecule has 130 valence electrons. The maximum Gasteiger partial charge on any atom is 0.241 e. The average Bonchev–Trinajstić information content (AvgIpc) is 2.51. The molecule has 0 unspecified atom stereocenters. The number of amides is 1. The molecule has 0 aromatic heterocycles. The lowest BCUT2D eigenvalue weighted by atomic mass is 10.0. The second kappa shape index (κ2) is 9.56. The topological polar surface area (TPSA) is 41.6 Å². The third kappa shape index (κ3) is 7.04. The summed E-state index contributed by atoms with van der Waals surface area (Å²) in [5, 5.41) is 3.34. The van der Waals surface area contributed by atoms with Gasteiger partial charge in [-0.1, -0.05) is 31.9 Å². The lowest BCUT2D eigenvalue weighted by Gasteiger charge is -2.28. The Morgan fingerprint density at radius 2 is 2.00 bits per heavy atom. The standard InChI is InChI=1S/C19H32N2O2/c1-6-7-8-14-23-17-11-9-10-16(15-17)12-13-20-19(2,3)18(22)21(4)5/h9-11,15,20H,6-8,12-14H2,1-5H3. The summed E-state index contributed by atoms with van der Waals surface area (Å²) >= 11 is 0. The Balaban J connectivity index is 2.44. The Hall–Kier alpha value is -1.55. The molecule has 0 spiro atoms. The third-order valence-corrected chi connectivity index (χ3v) is 3.84. The fourth-order valence-corrected chi connectivity index (χ4v) is 2.49. The quantitative estimate of drug-likeness (QED) is 0.673. The van der Waals surface area contributed by atoms with Crippen molar-refractivity contribution in [2.75, 3.05) is 27.2 Å². The van der Waals surface area contributed by atoms with Crippen LogP contribution < -0.4 is 10.1 Å². The van der Waals surface area contributed by atoms with Crippen molar-refractivity contribution >= 4 is 5.91 Å². The van der Waals surface area contributed by atoms with E-state index < -0.39 is 5.54 Å². The molecule has 0 heterocycles. The summed E-state index contributed by atoms with van der Waals surface area (Å²) in [4.78, 5) is 13.7. The van der Waals surface area contributed by atoms with E-state index in [1.54, 1.807) is 19.0 Å². The molecule has 1 aromatic rings. The van der Waals surface area contributed by atoms with Crippen LogP contribution in [0.5, 0.6) is 5.75 Å². The minimum atomic E-state index is -0.544. The van der Waals surface area contributed by atoms with Gasteiger partial charge in [0.1, 0.15) is 5.75 Å². The van der Waals surface area contributed by atoms with Crippen LogP contribution in [0.3, 0.4) is 0 Å². The molecule has 1 rings (SSSR count). The summed E-state index contributed by atoms with van der Waals surface area (Å²) in [5.74, 6) is 1.02. The van der Waals surface area contributed by atoms with Crippen molar-refractivity contribution in [2.45, 2.75) is 52.0 Å². The van der Waals surface area contributed by atoms with Gasteiger partial charge in [-0.15, -0.1) is 0 Å². The number of benzene rings is 1. The zero-order chi connectivity index (χ0) is 17.3. The van der Waals surface area contributed by atoms with Gasteiger partial charge in [-0.05, 0) is 44.4 Å². The molecule has 1 aromatic carbocycles. The molecule has 0 radical (unpaired) electrons. The molecule has 0 aliphatic carbocycles. The molecule has 1 amide bonds. The van der Waals surface area contributed by atoms with Crippen molar-refractivity contribution < 1.29 is 9.53 Å². The van der Waals surface area contributed by atoms with Crippen molar-refractivity contribution in [3.8, 4) is 5.75 Å². The number of ether oxygens (including phenoxy) is 1. The van der Waals surface area contributed by atoms with Crippen LogP contribution >= 0.6 is 0 Å². The number of unbranched alkanes of at least 4 members (excludes halogenated alkanes) is 2. The Labute approximate surface area is 141 Å². The molecular formula is C19H32N2O2. The maximum atomic E-state index is 12.1. The van der Waals surface area contributed by atoms with E-state index in [1.807, 2.05) is 26.0 Å². The predicted molar refractivity (Wildman–Crippen MR) is 95.9 cm³/mol. The van der Waals surface area contributed by atoms with E-state index in [0.717, 1.165) is 31.7 Å². The van der Waals surface area contributed by atoms with Gasteiger partial charge in [0.25, 0.3) is 0 Å². The zero-order valence-electron chi connectivity index (χ0n) is 15.3. The molecule has 0 atom stereocenters. The van der Waals surface area contributed by atoms with E-state index in [4.69, 9.17) is 4.74 Å². The summed E-state index contributed by atoms with van der Waals surface area (Å²) in [6.45, 7) is 7.56. The summed E-state index contributed by atoms with van der Waals surface area (Å²) in [6.07, 6.45) is 4.38. The molecule has 0 saturated heterocycles. The fourth-order valence-electron chi connectivity index (χ4n) is 2.49. The van der Waals surface area contributed by atoms with Crippen LogP contribution in [0.15, 0.2) is 24.3 Å². The Bertz CT molecular complexity index is 484. The number of nitrogens with zero attached hydrogens (tertiary/aromatic N) is 1. The monoisotopic (exact) mass is 320 g/mol. The van der Waals surface area contributed by atoms with Crippen molar-refractivity contribution in [3.05, 3.63) is 29.8 Å². The first-order valence-electron chi connectivity index (χ1n) is 8.55. The molecule has 0 aliphatic heterocycles. The van der Waals surface area contributed by atoms with Crippen molar-refractivity contribution in [1.29, 1.82) is 0 Å². The van der Waals surface area contributed by atoms with Crippen LogP contribution in [0.1, 0.15) is 45.6 Å².